The first-order valence-electron chi connectivity index (χ1n) is 6.22. The molecule has 0 amide bonds. The molecule has 1 N–H and O–H groups in total. The first-order chi connectivity index (χ1) is 7.18. The summed E-state index contributed by atoms with van der Waals surface area (Å²) < 4.78 is 5.74. The van der Waals surface area contributed by atoms with Crippen LogP contribution in [0.15, 0.2) is 12.2 Å². The smallest absolute Gasteiger partial charge is 0.0614 e. The molecule has 0 saturated carbocycles. The predicted octanol–water partition coefficient (Wildman–Crippen LogP) is 2.89. The van der Waals surface area contributed by atoms with Crippen molar-refractivity contribution in [2.75, 3.05) is 6.54 Å². The molecule has 1 saturated heterocycles. The number of hydrogen-bond acceptors (Lipinski definition) is 2. The Balaban J connectivity index is 1.97. The molecule has 0 aromatic rings. The summed E-state index contributed by atoms with van der Waals surface area (Å²) in [5.41, 5.74) is 0. The van der Waals surface area contributed by atoms with Crippen molar-refractivity contribution >= 4 is 0 Å². The summed E-state index contributed by atoms with van der Waals surface area (Å²) in [4.78, 5) is 0. The summed E-state index contributed by atoms with van der Waals surface area (Å²) in [5, 5.41) is 3.40. The van der Waals surface area contributed by atoms with Crippen LogP contribution in [0.1, 0.15) is 46.5 Å². The van der Waals surface area contributed by atoms with Gasteiger partial charge in [-0.3, -0.25) is 0 Å². The van der Waals surface area contributed by atoms with Crippen molar-refractivity contribution in [2.45, 2.75) is 64.7 Å². The maximum absolute atomic E-state index is 5.74. The van der Waals surface area contributed by atoms with Crippen LogP contribution in [-0.2, 0) is 4.74 Å². The van der Waals surface area contributed by atoms with Gasteiger partial charge in [0.05, 0.1) is 12.2 Å². The van der Waals surface area contributed by atoms with Gasteiger partial charge in [-0.15, -0.1) is 0 Å². The molecule has 0 radical (unpaired) electrons. The lowest BCUT2D eigenvalue weighted by molar-refractivity contribution is 0.0579. The van der Waals surface area contributed by atoms with Crippen molar-refractivity contribution in [1.29, 1.82) is 0 Å². The van der Waals surface area contributed by atoms with Gasteiger partial charge in [-0.2, -0.15) is 0 Å². The fourth-order valence-electron chi connectivity index (χ4n) is 1.88. The molecule has 2 unspecified atom stereocenters. The van der Waals surface area contributed by atoms with E-state index in [0.29, 0.717) is 18.2 Å². The summed E-state index contributed by atoms with van der Waals surface area (Å²) in [6, 6.07) is 0.595. The summed E-state index contributed by atoms with van der Waals surface area (Å²) in [7, 11) is 0. The normalized spacial score (nSPS) is 26.9. The van der Waals surface area contributed by atoms with E-state index in [0.717, 1.165) is 19.4 Å². The standard InChI is InChI=1S/C13H25NO/c1-11(2)14-10-6-4-5-7-13-9-8-12(3)15-13/h4-5,11-14H,6-10H2,1-3H3/b5-4+. The van der Waals surface area contributed by atoms with Gasteiger partial charge in [-0.1, -0.05) is 26.0 Å². The fourth-order valence-corrected chi connectivity index (χ4v) is 1.88. The Morgan fingerprint density at radius 2 is 2.13 bits per heavy atom. The van der Waals surface area contributed by atoms with E-state index in [2.05, 4.69) is 38.2 Å². The first kappa shape index (κ1) is 12.7. The molecule has 0 spiro atoms. The van der Waals surface area contributed by atoms with Crippen LogP contribution in [0, 0.1) is 0 Å². The number of nitrogens with one attached hydrogen (secondary N) is 1. The molecule has 2 heteroatoms. The van der Waals surface area contributed by atoms with E-state index in [9.17, 15) is 0 Å². The predicted molar refractivity (Wildman–Crippen MR) is 65.1 cm³/mol. The second kappa shape index (κ2) is 7.02. The van der Waals surface area contributed by atoms with Gasteiger partial charge in [-0.25, -0.2) is 0 Å². The summed E-state index contributed by atoms with van der Waals surface area (Å²) in [5.74, 6) is 0. The summed E-state index contributed by atoms with van der Waals surface area (Å²) in [6.07, 6.45) is 10.2. The van der Waals surface area contributed by atoms with Crippen molar-refractivity contribution in [3.05, 3.63) is 12.2 Å². The zero-order chi connectivity index (χ0) is 11.1. The molecular weight excluding hydrogens is 186 g/mol. The number of ether oxygens (including phenoxy) is 1. The Morgan fingerprint density at radius 3 is 2.73 bits per heavy atom. The molecular formula is C13H25NO. The average molecular weight is 211 g/mol. The number of rotatable bonds is 6. The van der Waals surface area contributed by atoms with Gasteiger partial charge in [0.15, 0.2) is 0 Å². The summed E-state index contributed by atoms with van der Waals surface area (Å²) >= 11 is 0. The molecule has 1 aliphatic heterocycles. The minimum Gasteiger partial charge on any atom is -0.375 e. The van der Waals surface area contributed by atoms with Crippen molar-refractivity contribution in [3.8, 4) is 0 Å². The van der Waals surface area contributed by atoms with Crippen LogP contribution in [0.2, 0.25) is 0 Å². The Labute approximate surface area is 94.1 Å². The molecule has 2 nitrogen and oxygen atoms in total. The van der Waals surface area contributed by atoms with Crippen LogP contribution < -0.4 is 5.32 Å². The molecule has 1 aliphatic rings. The minimum absolute atomic E-state index is 0.478. The lowest BCUT2D eigenvalue weighted by Gasteiger charge is -2.08. The highest BCUT2D eigenvalue weighted by Crippen LogP contribution is 2.21. The molecule has 0 aromatic carbocycles. The zero-order valence-electron chi connectivity index (χ0n) is 10.3. The van der Waals surface area contributed by atoms with Crippen LogP contribution in [0.3, 0.4) is 0 Å². The monoisotopic (exact) mass is 211 g/mol. The lowest BCUT2D eigenvalue weighted by atomic mass is 10.1. The average Bonchev–Trinajstić information content (AvgIpc) is 2.57. The molecule has 88 valence electrons. The Hall–Kier alpha value is -0.340. The van der Waals surface area contributed by atoms with E-state index < -0.39 is 0 Å². The van der Waals surface area contributed by atoms with Crippen LogP contribution in [0.5, 0.6) is 0 Å². The van der Waals surface area contributed by atoms with E-state index in [1.54, 1.807) is 0 Å². The fraction of sp³-hybridized carbons (Fsp3) is 0.846. The molecule has 1 rings (SSSR count). The Morgan fingerprint density at radius 1 is 1.33 bits per heavy atom. The van der Waals surface area contributed by atoms with E-state index in [4.69, 9.17) is 4.74 Å². The van der Waals surface area contributed by atoms with E-state index >= 15 is 0 Å². The van der Waals surface area contributed by atoms with Crippen molar-refractivity contribution in [3.63, 3.8) is 0 Å². The van der Waals surface area contributed by atoms with Gasteiger partial charge in [0.1, 0.15) is 0 Å². The second-order valence-corrected chi connectivity index (χ2v) is 4.75. The topological polar surface area (TPSA) is 21.3 Å². The van der Waals surface area contributed by atoms with Gasteiger partial charge in [0.25, 0.3) is 0 Å². The van der Waals surface area contributed by atoms with Gasteiger partial charge >= 0.3 is 0 Å². The second-order valence-electron chi connectivity index (χ2n) is 4.75. The molecule has 1 fully saturated rings. The SMILES string of the molecule is CC(C)NCC/C=C/CC1CCC(C)O1. The van der Waals surface area contributed by atoms with Gasteiger partial charge < -0.3 is 10.1 Å². The molecule has 15 heavy (non-hydrogen) atoms. The lowest BCUT2D eigenvalue weighted by Crippen LogP contribution is -2.23. The highest BCUT2D eigenvalue weighted by atomic mass is 16.5. The molecule has 0 aliphatic carbocycles. The highest BCUT2D eigenvalue weighted by Gasteiger charge is 2.19. The zero-order valence-corrected chi connectivity index (χ0v) is 10.3. The molecule has 1 heterocycles. The van der Waals surface area contributed by atoms with Crippen LogP contribution in [0.4, 0.5) is 0 Å². The quantitative estimate of drug-likeness (QED) is 0.539. The summed E-state index contributed by atoms with van der Waals surface area (Å²) in [6.45, 7) is 7.60. The van der Waals surface area contributed by atoms with Gasteiger partial charge in [0.2, 0.25) is 0 Å². The Kier molecular flexibility index (Phi) is 5.96. The third-order valence-electron chi connectivity index (χ3n) is 2.75. The molecule has 0 bridgehead atoms. The maximum atomic E-state index is 5.74. The van der Waals surface area contributed by atoms with E-state index in [1.165, 1.54) is 12.8 Å². The van der Waals surface area contributed by atoms with Gasteiger partial charge in [0, 0.05) is 6.04 Å². The maximum Gasteiger partial charge on any atom is 0.0614 e. The van der Waals surface area contributed by atoms with Crippen molar-refractivity contribution in [2.24, 2.45) is 0 Å². The van der Waals surface area contributed by atoms with Crippen molar-refractivity contribution in [1.82, 2.24) is 5.32 Å². The van der Waals surface area contributed by atoms with Crippen LogP contribution in [-0.4, -0.2) is 24.8 Å². The third-order valence-corrected chi connectivity index (χ3v) is 2.75. The Bertz CT molecular complexity index is 189. The number of hydrogen-bond donors (Lipinski definition) is 1. The third kappa shape index (κ3) is 5.95. The van der Waals surface area contributed by atoms with Crippen molar-refractivity contribution < 1.29 is 4.74 Å². The molecule has 2 atom stereocenters. The van der Waals surface area contributed by atoms with E-state index in [-0.39, 0.29) is 0 Å². The molecule has 0 aromatic heterocycles. The van der Waals surface area contributed by atoms with Gasteiger partial charge in [-0.05, 0) is 39.2 Å². The van der Waals surface area contributed by atoms with E-state index in [1.807, 2.05) is 0 Å². The van der Waals surface area contributed by atoms with Crippen LogP contribution in [0.25, 0.3) is 0 Å². The minimum atomic E-state index is 0.478. The first-order valence-corrected chi connectivity index (χ1v) is 6.22. The largest absolute Gasteiger partial charge is 0.375 e. The van der Waals surface area contributed by atoms with Crippen LogP contribution >= 0.6 is 0 Å². The highest BCUT2D eigenvalue weighted by molar-refractivity contribution is 4.87.